The lowest BCUT2D eigenvalue weighted by Gasteiger charge is -2.37. The van der Waals surface area contributed by atoms with Crippen molar-refractivity contribution in [2.24, 2.45) is 0 Å². The maximum atomic E-state index is 12.9. The standard InChI is InChI=1S/C21H22N4O2/c1-15-6-5-7-18(16(15)2)23-10-12-24(13-11-23)20(26)17-14-22-19-8-3-4-9-25(19)21(17)27/h3-9,14H,10-13H2,1-2H3. The van der Waals surface area contributed by atoms with Crippen LogP contribution in [0.25, 0.3) is 5.65 Å². The molecule has 0 saturated carbocycles. The fourth-order valence-electron chi connectivity index (χ4n) is 3.57. The first-order valence-corrected chi connectivity index (χ1v) is 9.13. The maximum absolute atomic E-state index is 12.9. The van der Waals surface area contributed by atoms with E-state index in [0.717, 1.165) is 13.1 Å². The van der Waals surface area contributed by atoms with Crippen LogP contribution in [0.1, 0.15) is 21.5 Å². The van der Waals surface area contributed by atoms with E-state index in [-0.39, 0.29) is 17.0 Å². The summed E-state index contributed by atoms with van der Waals surface area (Å²) in [6, 6.07) is 11.6. The van der Waals surface area contributed by atoms with Crippen LogP contribution in [-0.2, 0) is 0 Å². The number of piperazine rings is 1. The monoisotopic (exact) mass is 362 g/mol. The van der Waals surface area contributed by atoms with Gasteiger partial charge in [0.15, 0.2) is 0 Å². The quantitative estimate of drug-likeness (QED) is 0.702. The molecule has 6 heteroatoms. The zero-order chi connectivity index (χ0) is 19.0. The van der Waals surface area contributed by atoms with E-state index in [4.69, 9.17) is 0 Å². The Morgan fingerprint density at radius 1 is 1.00 bits per heavy atom. The van der Waals surface area contributed by atoms with Gasteiger partial charge in [-0.25, -0.2) is 4.98 Å². The molecule has 0 aliphatic carbocycles. The van der Waals surface area contributed by atoms with Gasteiger partial charge in [-0.15, -0.1) is 0 Å². The molecule has 1 amide bonds. The minimum atomic E-state index is -0.317. The lowest BCUT2D eigenvalue weighted by Crippen LogP contribution is -2.50. The third-order valence-electron chi connectivity index (χ3n) is 5.33. The number of aromatic nitrogens is 2. The van der Waals surface area contributed by atoms with Gasteiger partial charge in [0.1, 0.15) is 11.2 Å². The molecule has 0 radical (unpaired) electrons. The zero-order valence-corrected chi connectivity index (χ0v) is 15.6. The van der Waals surface area contributed by atoms with Crippen molar-refractivity contribution in [2.75, 3.05) is 31.1 Å². The van der Waals surface area contributed by atoms with Crippen LogP contribution in [0, 0.1) is 13.8 Å². The second kappa shape index (κ2) is 6.87. The summed E-state index contributed by atoms with van der Waals surface area (Å²) < 4.78 is 1.42. The molecule has 27 heavy (non-hydrogen) atoms. The van der Waals surface area contributed by atoms with Crippen LogP contribution in [0.3, 0.4) is 0 Å². The van der Waals surface area contributed by atoms with Crippen molar-refractivity contribution >= 4 is 17.2 Å². The summed E-state index contributed by atoms with van der Waals surface area (Å²) in [6.45, 7) is 6.91. The third-order valence-corrected chi connectivity index (χ3v) is 5.33. The van der Waals surface area contributed by atoms with E-state index in [1.807, 2.05) is 6.07 Å². The molecule has 1 saturated heterocycles. The van der Waals surface area contributed by atoms with Crippen molar-refractivity contribution in [1.82, 2.24) is 14.3 Å². The smallest absolute Gasteiger partial charge is 0.270 e. The number of amides is 1. The normalized spacial score (nSPS) is 14.6. The van der Waals surface area contributed by atoms with E-state index in [1.54, 1.807) is 23.2 Å². The first kappa shape index (κ1) is 17.3. The van der Waals surface area contributed by atoms with Crippen LogP contribution in [0.4, 0.5) is 5.69 Å². The molecular weight excluding hydrogens is 340 g/mol. The van der Waals surface area contributed by atoms with E-state index in [9.17, 15) is 9.59 Å². The van der Waals surface area contributed by atoms with E-state index < -0.39 is 0 Å². The predicted octanol–water partition coefficient (Wildman–Crippen LogP) is 2.27. The number of hydrogen-bond donors (Lipinski definition) is 0. The number of carbonyl (C=O) groups is 1. The Bertz CT molecular complexity index is 1070. The molecule has 2 aromatic heterocycles. The molecule has 1 fully saturated rings. The van der Waals surface area contributed by atoms with Gasteiger partial charge in [0, 0.05) is 44.3 Å². The van der Waals surface area contributed by atoms with Crippen LogP contribution in [0.15, 0.2) is 53.6 Å². The second-order valence-corrected chi connectivity index (χ2v) is 6.90. The molecule has 3 aromatic rings. The summed E-state index contributed by atoms with van der Waals surface area (Å²) in [4.78, 5) is 33.8. The van der Waals surface area contributed by atoms with Crippen LogP contribution in [-0.4, -0.2) is 46.4 Å². The lowest BCUT2D eigenvalue weighted by atomic mass is 10.1. The van der Waals surface area contributed by atoms with E-state index in [1.165, 1.54) is 27.4 Å². The summed E-state index contributed by atoms with van der Waals surface area (Å²) in [5, 5.41) is 0. The van der Waals surface area contributed by atoms with Gasteiger partial charge < -0.3 is 9.80 Å². The van der Waals surface area contributed by atoms with Crippen molar-refractivity contribution in [2.45, 2.75) is 13.8 Å². The average molecular weight is 362 g/mol. The first-order chi connectivity index (χ1) is 13.1. The molecule has 0 bridgehead atoms. The summed E-state index contributed by atoms with van der Waals surface area (Å²) in [6.07, 6.45) is 3.04. The van der Waals surface area contributed by atoms with Gasteiger partial charge >= 0.3 is 0 Å². The highest BCUT2D eigenvalue weighted by molar-refractivity contribution is 5.94. The van der Waals surface area contributed by atoms with Gasteiger partial charge in [0.2, 0.25) is 0 Å². The Balaban J connectivity index is 1.53. The van der Waals surface area contributed by atoms with Crippen molar-refractivity contribution in [1.29, 1.82) is 0 Å². The highest BCUT2D eigenvalue weighted by Gasteiger charge is 2.25. The molecule has 0 spiro atoms. The van der Waals surface area contributed by atoms with Crippen LogP contribution >= 0.6 is 0 Å². The summed E-state index contributed by atoms with van der Waals surface area (Å²) in [5.74, 6) is -0.244. The lowest BCUT2D eigenvalue weighted by molar-refractivity contribution is 0.0744. The highest BCUT2D eigenvalue weighted by atomic mass is 16.2. The Morgan fingerprint density at radius 3 is 2.56 bits per heavy atom. The molecule has 0 N–H and O–H groups in total. The number of hydrogen-bond acceptors (Lipinski definition) is 4. The third kappa shape index (κ3) is 3.07. The number of carbonyl (C=O) groups excluding carboxylic acids is 1. The van der Waals surface area contributed by atoms with E-state index >= 15 is 0 Å². The number of rotatable bonds is 2. The van der Waals surface area contributed by atoms with Gasteiger partial charge in [-0.05, 0) is 43.2 Å². The molecule has 6 nitrogen and oxygen atoms in total. The van der Waals surface area contributed by atoms with Gasteiger partial charge in [-0.3, -0.25) is 14.0 Å². The molecule has 1 aliphatic heterocycles. The van der Waals surface area contributed by atoms with Gasteiger partial charge in [0.05, 0.1) is 0 Å². The minimum absolute atomic E-state index is 0.124. The fraction of sp³-hybridized carbons (Fsp3) is 0.286. The molecule has 0 unspecified atom stereocenters. The van der Waals surface area contributed by atoms with Crippen molar-refractivity contribution < 1.29 is 4.79 Å². The molecule has 4 rings (SSSR count). The van der Waals surface area contributed by atoms with E-state index in [0.29, 0.717) is 18.7 Å². The second-order valence-electron chi connectivity index (χ2n) is 6.90. The predicted molar refractivity (Wildman–Crippen MR) is 105 cm³/mol. The Labute approximate surface area is 157 Å². The molecule has 138 valence electrons. The van der Waals surface area contributed by atoms with Crippen LogP contribution in [0.2, 0.25) is 0 Å². The molecule has 0 atom stereocenters. The SMILES string of the molecule is Cc1cccc(N2CCN(C(=O)c3cnc4ccccn4c3=O)CC2)c1C. The fourth-order valence-corrected chi connectivity index (χ4v) is 3.57. The van der Waals surface area contributed by atoms with Crippen molar-refractivity contribution in [3.63, 3.8) is 0 Å². The number of pyridine rings is 1. The zero-order valence-electron chi connectivity index (χ0n) is 15.6. The molecular formula is C21H22N4O2. The van der Waals surface area contributed by atoms with Crippen molar-refractivity contribution in [3.05, 3.63) is 75.8 Å². The van der Waals surface area contributed by atoms with Crippen LogP contribution in [0.5, 0.6) is 0 Å². The molecule has 1 aromatic carbocycles. The topological polar surface area (TPSA) is 57.9 Å². The Kier molecular flexibility index (Phi) is 4.39. The van der Waals surface area contributed by atoms with Gasteiger partial charge in [-0.1, -0.05) is 18.2 Å². The number of fused-ring (bicyclic) bond motifs is 1. The summed E-state index contributed by atoms with van der Waals surface area (Å²) >= 11 is 0. The van der Waals surface area contributed by atoms with Gasteiger partial charge in [0.25, 0.3) is 11.5 Å². The van der Waals surface area contributed by atoms with E-state index in [2.05, 4.69) is 41.9 Å². The molecule has 3 heterocycles. The Morgan fingerprint density at radius 2 is 1.78 bits per heavy atom. The number of nitrogens with zero attached hydrogens (tertiary/aromatic N) is 4. The van der Waals surface area contributed by atoms with Crippen LogP contribution < -0.4 is 10.5 Å². The number of benzene rings is 1. The molecule has 1 aliphatic rings. The highest BCUT2D eigenvalue weighted by Crippen LogP contribution is 2.24. The summed E-state index contributed by atoms with van der Waals surface area (Å²) in [5.41, 5.74) is 4.10. The average Bonchev–Trinajstić information content (AvgIpc) is 2.70. The van der Waals surface area contributed by atoms with Gasteiger partial charge in [-0.2, -0.15) is 0 Å². The Hall–Kier alpha value is -3.15. The number of aryl methyl sites for hydroxylation is 1. The maximum Gasteiger partial charge on any atom is 0.270 e. The minimum Gasteiger partial charge on any atom is -0.368 e. The van der Waals surface area contributed by atoms with Crippen molar-refractivity contribution in [3.8, 4) is 0 Å². The summed E-state index contributed by atoms with van der Waals surface area (Å²) in [7, 11) is 0. The largest absolute Gasteiger partial charge is 0.368 e. The first-order valence-electron chi connectivity index (χ1n) is 9.13. The number of anilines is 1.